The number of allylic oxidation sites excluding steroid dienone is 1. The van der Waals surface area contributed by atoms with E-state index in [0.717, 1.165) is 10.5 Å². The summed E-state index contributed by atoms with van der Waals surface area (Å²) >= 11 is 1.41. The standard InChI is InChI=1S/C21H20N2O2S/c1-2-18-19(26-17-13-7-4-8-14-17)22-21(25)23(20(18)24)15-9-12-16-10-5-3-6-11-16/h3-14H,2,15H2,1H3,(H,22,25). The maximum Gasteiger partial charge on any atom is 0.329 e. The first kappa shape index (κ1) is 18.0. The van der Waals surface area contributed by atoms with Crippen LogP contribution in [0.15, 0.2) is 86.3 Å². The maximum absolute atomic E-state index is 12.8. The summed E-state index contributed by atoms with van der Waals surface area (Å²) in [5.41, 5.74) is 1.05. The van der Waals surface area contributed by atoms with E-state index in [2.05, 4.69) is 4.98 Å². The van der Waals surface area contributed by atoms with Crippen LogP contribution in [-0.2, 0) is 13.0 Å². The third-order valence-electron chi connectivity index (χ3n) is 3.96. The molecular weight excluding hydrogens is 344 g/mol. The van der Waals surface area contributed by atoms with Gasteiger partial charge in [0.15, 0.2) is 0 Å². The first-order valence-corrected chi connectivity index (χ1v) is 9.31. The zero-order chi connectivity index (χ0) is 18.4. The van der Waals surface area contributed by atoms with Crippen LogP contribution in [-0.4, -0.2) is 9.55 Å². The van der Waals surface area contributed by atoms with Crippen molar-refractivity contribution in [1.29, 1.82) is 0 Å². The third kappa shape index (κ3) is 4.24. The lowest BCUT2D eigenvalue weighted by Gasteiger charge is -2.10. The summed E-state index contributed by atoms with van der Waals surface area (Å²) in [7, 11) is 0. The van der Waals surface area contributed by atoms with E-state index in [1.807, 2.05) is 79.7 Å². The van der Waals surface area contributed by atoms with Gasteiger partial charge in [0.1, 0.15) is 0 Å². The minimum absolute atomic E-state index is 0.229. The average Bonchev–Trinajstić information content (AvgIpc) is 2.66. The van der Waals surface area contributed by atoms with Gasteiger partial charge in [-0.3, -0.25) is 9.36 Å². The fourth-order valence-electron chi connectivity index (χ4n) is 2.62. The quantitative estimate of drug-likeness (QED) is 0.674. The largest absolute Gasteiger partial charge is 0.329 e. The van der Waals surface area contributed by atoms with Gasteiger partial charge in [-0.2, -0.15) is 0 Å². The van der Waals surface area contributed by atoms with Crippen molar-refractivity contribution >= 4 is 17.8 Å². The van der Waals surface area contributed by atoms with E-state index in [-0.39, 0.29) is 17.8 Å². The molecule has 0 amide bonds. The van der Waals surface area contributed by atoms with Gasteiger partial charge in [0.25, 0.3) is 5.56 Å². The Morgan fingerprint density at radius 3 is 2.31 bits per heavy atom. The van der Waals surface area contributed by atoms with E-state index in [0.29, 0.717) is 17.0 Å². The second-order valence-electron chi connectivity index (χ2n) is 5.74. The molecule has 0 aliphatic carbocycles. The van der Waals surface area contributed by atoms with Crippen molar-refractivity contribution in [2.45, 2.75) is 29.8 Å². The number of hydrogen-bond acceptors (Lipinski definition) is 3. The van der Waals surface area contributed by atoms with E-state index in [1.54, 1.807) is 0 Å². The first-order valence-electron chi connectivity index (χ1n) is 8.49. The SMILES string of the molecule is CCc1c(Sc2ccccc2)[nH]c(=O)n(CC=Cc2ccccc2)c1=O. The van der Waals surface area contributed by atoms with Crippen molar-refractivity contribution in [3.05, 3.63) is 98.7 Å². The number of aromatic nitrogens is 2. The van der Waals surface area contributed by atoms with Gasteiger partial charge in [0, 0.05) is 17.0 Å². The Labute approximate surface area is 156 Å². The number of H-pyrrole nitrogens is 1. The molecule has 0 saturated carbocycles. The first-order chi connectivity index (χ1) is 12.7. The van der Waals surface area contributed by atoms with Crippen molar-refractivity contribution in [2.75, 3.05) is 0 Å². The normalized spacial score (nSPS) is 11.1. The van der Waals surface area contributed by atoms with Crippen LogP contribution in [0.3, 0.4) is 0 Å². The van der Waals surface area contributed by atoms with Gasteiger partial charge in [-0.15, -0.1) is 0 Å². The Morgan fingerprint density at radius 2 is 1.65 bits per heavy atom. The Morgan fingerprint density at radius 1 is 1.00 bits per heavy atom. The van der Waals surface area contributed by atoms with Crippen LogP contribution in [0.2, 0.25) is 0 Å². The van der Waals surface area contributed by atoms with Gasteiger partial charge in [-0.25, -0.2) is 4.79 Å². The Hall–Kier alpha value is -2.79. The molecule has 0 atom stereocenters. The van der Waals surface area contributed by atoms with Crippen molar-refractivity contribution in [3.63, 3.8) is 0 Å². The summed E-state index contributed by atoms with van der Waals surface area (Å²) in [5.74, 6) is 0. The van der Waals surface area contributed by atoms with Crippen LogP contribution in [0.1, 0.15) is 18.1 Å². The highest BCUT2D eigenvalue weighted by Crippen LogP contribution is 2.26. The average molecular weight is 364 g/mol. The molecule has 1 heterocycles. The molecule has 0 bridgehead atoms. The second kappa shape index (κ2) is 8.54. The zero-order valence-corrected chi connectivity index (χ0v) is 15.3. The van der Waals surface area contributed by atoms with Crippen molar-refractivity contribution < 1.29 is 0 Å². The number of hydrogen-bond donors (Lipinski definition) is 1. The molecule has 3 rings (SSSR count). The molecule has 0 spiro atoms. The molecular formula is C21H20N2O2S. The third-order valence-corrected chi connectivity index (χ3v) is 5.02. The number of rotatable bonds is 6. The molecule has 0 aliphatic heterocycles. The Bertz CT molecular complexity index is 1010. The number of nitrogens with zero attached hydrogens (tertiary/aromatic N) is 1. The van der Waals surface area contributed by atoms with Gasteiger partial charge < -0.3 is 4.98 Å². The minimum atomic E-state index is -0.386. The Balaban J connectivity index is 1.89. The summed E-state index contributed by atoms with van der Waals surface area (Å²) in [6, 6.07) is 19.5. The van der Waals surface area contributed by atoms with Crippen molar-refractivity contribution in [3.8, 4) is 0 Å². The van der Waals surface area contributed by atoms with Crippen LogP contribution in [0.5, 0.6) is 0 Å². The molecule has 5 heteroatoms. The molecule has 132 valence electrons. The highest BCUT2D eigenvalue weighted by molar-refractivity contribution is 7.99. The molecule has 0 aliphatic rings. The topological polar surface area (TPSA) is 54.9 Å². The van der Waals surface area contributed by atoms with Crippen LogP contribution in [0.25, 0.3) is 6.08 Å². The molecule has 1 N–H and O–H groups in total. The summed E-state index contributed by atoms with van der Waals surface area (Å²) in [4.78, 5) is 29.0. The molecule has 1 aromatic heterocycles. The smallest absolute Gasteiger partial charge is 0.301 e. The van der Waals surface area contributed by atoms with Crippen LogP contribution in [0, 0.1) is 0 Å². The van der Waals surface area contributed by atoms with Crippen LogP contribution >= 0.6 is 11.8 Å². The second-order valence-corrected chi connectivity index (χ2v) is 6.82. The molecule has 4 nitrogen and oxygen atoms in total. The van der Waals surface area contributed by atoms with Gasteiger partial charge in [-0.05, 0) is 24.1 Å². The molecule has 0 fully saturated rings. The van der Waals surface area contributed by atoms with Gasteiger partial charge in [-0.1, -0.05) is 79.4 Å². The predicted molar refractivity (Wildman–Crippen MR) is 107 cm³/mol. The van der Waals surface area contributed by atoms with Crippen LogP contribution in [0.4, 0.5) is 0 Å². The van der Waals surface area contributed by atoms with Gasteiger partial charge in [0.05, 0.1) is 5.03 Å². The van der Waals surface area contributed by atoms with Crippen LogP contribution < -0.4 is 11.2 Å². The lowest BCUT2D eigenvalue weighted by Crippen LogP contribution is -2.37. The molecule has 0 radical (unpaired) electrons. The Kier molecular flexibility index (Phi) is 5.92. The highest BCUT2D eigenvalue weighted by Gasteiger charge is 2.13. The molecule has 3 aromatic rings. The number of benzene rings is 2. The highest BCUT2D eigenvalue weighted by atomic mass is 32.2. The fourth-order valence-corrected chi connectivity index (χ4v) is 3.64. The van der Waals surface area contributed by atoms with E-state index in [4.69, 9.17) is 0 Å². The summed E-state index contributed by atoms with van der Waals surface area (Å²) in [5, 5.41) is 0.622. The summed E-state index contributed by atoms with van der Waals surface area (Å²) in [6.45, 7) is 2.17. The van der Waals surface area contributed by atoms with E-state index in [9.17, 15) is 9.59 Å². The number of aromatic amines is 1. The monoisotopic (exact) mass is 364 g/mol. The summed E-state index contributed by atoms with van der Waals surface area (Å²) in [6.07, 6.45) is 4.30. The maximum atomic E-state index is 12.8. The molecule has 0 unspecified atom stereocenters. The van der Waals surface area contributed by atoms with Gasteiger partial charge in [0.2, 0.25) is 0 Å². The number of nitrogens with one attached hydrogen (secondary N) is 1. The van der Waals surface area contributed by atoms with Gasteiger partial charge >= 0.3 is 5.69 Å². The van der Waals surface area contributed by atoms with E-state index >= 15 is 0 Å². The minimum Gasteiger partial charge on any atom is -0.301 e. The molecule has 26 heavy (non-hydrogen) atoms. The van der Waals surface area contributed by atoms with Crippen molar-refractivity contribution in [2.24, 2.45) is 0 Å². The molecule has 0 saturated heterocycles. The predicted octanol–water partition coefficient (Wildman–Crippen LogP) is 3.96. The lowest BCUT2D eigenvalue weighted by molar-refractivity contribution is 0.676. The fraction of sp³-hybridized carbons (Fsp3) is 0.143. The summed E-state index contributed by atoms with van der Waals surface area (Å²) < 4.78 is 1.24. The lowest BCUT2D eigenvalue weighted by atomic mass is 10.2. The van der Waals surface area contributed by atoms with E-state index < -0.39 is 0 Å². The molecule has 2 aromatic carbocycles. The zero-order valence-electron chi connectivity index (χ0n) is 14.5. The van der Waals surface area contributed by atoms with Crippen molar-refractivity contribution in [1.82, 2.24) is 9.55 Å². The van der Waals surface area contributed by atoms with E-state index in [1.165, 1.54) is 16.3 Å².